The van der Waals surface area contributed by atoms with E-state index in [2.05, 4.69) is 19.6 Å². The van der Waals surface area contributed by atoms with Crippen molar-refractivity contribution in [2.75, 3.05) is 20.3 Å². The van der Waals surface area contributed by atoms with E-state index in [0.29, 0.717) is 0 Å². The van der Waals surface area contributed by atoms with E-state index in [1.165, 1.54) is 0 Å². The van der Waals surface area contributed by atoms with E-state index in [4.69, 9.17) is 0 Å². The zero-order valence-corrected chi connectivity index (χ0v) is 11.7. The Morgan fingerprint density at radius 3 is 2.61 bits per heavy atom. The van der Waals surface area contributed by atoms with Crippen LogP contribution in [-0.4, -0.2) is 52.2 Å². The molecule has 0 aliphatic rings. The molecule has 23 heavy (non-hydrogen) atoms. The fourth-order valence-corrected chi connectivity index (χ4v) is 1.86. The SMILES string of the molecule is COC(=O)c1nn(CCOCC(F)(F)F)c2c(=O)[nH]c(=O)[nH]c12. The molecule has 0 unspecified atom stereocenters. The van der Waals surface area contributed by atoms with Crippen molar-refractivity contribution in [3.63, 3.8) is 0 Å². The zero-order chi connectivity index (χ0) is 17.2. The molecule has 0 bridgehead atoms. The van der Waals surface area contributed by atoms with Crippen LogP contribution < -0.4 is 11.2 Å². The number of alkyl halides is 3. The van der Waals surface area contributed by atoms with Gasteiger partial charge in [0.25, 0.3) is 5.56 Å². The molecule has 2 aromatic heterocycles. The molecule has 0 saturated carbocycles. The standard InChI is InChI=1S/C11H11F3N4O5/c1-22-9(20)6-5-7(8(19)16-10(21)15-5)18(17-6)2-3-23-4-11(12,13)14/h2-4H2,1H3,(H2,15,16,19,21). The first-order valence-corrected chi connectivity index (χ1v) is 6.19. The molecule has 2 N–H and O–H groups in total. The topological polar surface area (TPSA) is 119 Å². The van der Waals surface area contributed by atoms with E-state index >= 15 is 0 Å². The molecule has 2 aromatic rings. The molecule has 0 radical (unpaired) electrons. The highest BCUT2D eigenvalue weighted by atomic mass is 19.4. The lowest BCUT2D eigenvalue weighted by molar-refractivity contribution is -0.174. The molecular formula is C11H11F3N4O5. The maximum Gasteiger partial charge on any atom is 0.411 e. The fraction of sp³-hybridized carbons (Fsp3) is 0.455. The third-order valence-corrected chi connectivity index (χ3v) is 2.72. The molecule has 0 aliphatic carbocycles. The van der Waals surface area contributed by atoms with Crippen molar-refractivity contribution in [2.24, 2.45) is 0 Å². The van der Waals surface area contributed by atoms with Gasteiger partial charge in [0.15, 0.2) is 11.2 Å². The Balaban J connectivity index is 2.35. The average Bonchev–Trinajstić information content (AvgIpc) is 2.80. The summed E-state index contributed by atoms with van der Waals surface area (Å²) in [6, 6.07) is 0. The predicted octanol–water partition coefficient (Wildman–Crippen LogP) is -0.222. The highest BCUT2D eigenvalue weighted by Gasteiger charge is 2.27. The van der Waals surface area contributed by atoms with Gasteiger partial charge in [-0.2, -0.15) is 18.3 Å². The van der Waals surface area contributed by atoms with E-state index in [1.54, 1.807) is 0 Å². The Morgan fingerprint density at radius 2 is 2.00 bits per heavy atom. The molecule has 0 aromatic carbocycles. The molecular weight excluding hydrogens is 325 g/mol. The zero-order valence-electron chi connectivity index (χ0n) is 11.7. The van der Waals surface area contributed by atoms with Gasteiger partial charge < -0.3 is 14.5 Å². The average molecular weight is 336 g/mol. The Bertz CT molecular complexity index is 835. The van der Waals surface area contributed by atoms with Crippen LogP contribution in [0.2, 0.25) is 0 Å². The number of fused-ring (bicyclic) bond motifs is 1. The second kappa shape index (κ2) is 6.24. The summed E-state index contributed by atoms with van der Waals surface area (Å²) in [6.07, 6.45) is -4.48. The van der Waals surface area contributed by atoms with E-state index in [-0.39, 0.29) is 23.3 Å². The Morgan fingerprint density at radius 1 is 1.30 bits per heavy atom. The monoisotopic (exact) mass is 336 g/mol. The molecule has 126 valence electrons. The predicted molar refractivity (Wildman–Crippen MR) is 69.2 cm³/mol. The Hall–Kier alpha value is -2.63. The van der Waals surface area contributed by atoms with E-state index in [1.807, 2.05) is 4.98 Å². The summed E-state index contributed by atoms with van der Waals surface area (Å²) in [7, 11) is 1.07. The minimum atomic E-state index is -4.48. The highest BCUT2D eigenvalue weighted by molar-refractivity contribution is 5.99. The number of hydrogen-bond acceptors (Lipinski definition) is 6. The largest absolute Gasteiger partial charge is 0.464 e. The van der Waals surface area contributed by atoms with Gasteiger partial charge in [-0.3, -0.25) is 14.5 Å². The van der Waals surface area contributed by atoms with Gasteiger partial charge in [0, 0.05) is 0 Å². The van der Waals surface area contributed by atoms with Crippen LogP contribution in [-0.2, 0) is 16.0 Å². The third-order valence-electron chi connectivity index (χ3n) is 2.72. The van der Waals surface area contributed by atoms with Crippen LogP contribution in [0.15, 0.2) is 9.59 Å². The van der Waals surface area contributed by atoms with Gasteiger partial charge in [0.2, 0.25) is 0 Å². The molecule has 0 fully saturated rings. The van der Waals surface area contributed by atoms with Crippen LogP contribution in [0.25, 0.3) is 11.0 Å². The van der Waals surface area contributed by atoms with Gasteiger partial charge >= 0.3 is 17.8 Å². The number of carbonyl (C=O) groups is 1. The molecule has 12 heteroatoms. The van der Waals surface area contributed by atoms with Crippen LogP contribution in [0.1, 0.15) is 10.5 Å². The number of esters is 1. The van der Waals surface area contributed by atoms with Gasteiger partial charge in [0.1, 0.15) is 12.1 Å². The molecule has 0 spiro atoms. The number of hydrogen-bond donors (Lipinski definition) is 2. The molecule has 0 saturated heterocycles. The second-order valence-electron chi connectivity index (χ2n) is 4.36. The van der Waals surface area contributed by atoms with Gasteiger partial charge in [-0.05, 0) is 0 Å². The van der Waals surface area contributed by atoms with Crippen LogP contribution in [0, 0.1) is 0 Å². The summed E-state index contributed by atoms with van der Waals surface area (Å²) < 4.78 is 45.9. The Labute approximate surface area is 125 Å². The van der Waals surface area contributed by atoms with E-state index in [9.17, 15) is 27.6 Å². The van der Waals surface area contributed by atoms with Crippen molar-refractivity contribution in [3.8, 4) is 0 Å². The fourth-order valence-electron chi connectivity index (χ4n) is 1.86. The minimum absolute atomic E-state index is 0.165. The summed E-state index contributed by atoms with van der Waals surface area (Å²) in [5.74, 6) is -0.911. The summed E-state index contributed by atoms with van der Waals surface area (Å²) in [5.41, 5.74) is -2.38. The quantitative estimate of drug-likeness (QED) is 0.575. The van der Waals surface area contributed by atoms with Crippen molar-refractivity contribution >= 4 is 17.0 Å². The first-order valence-electron chi connectivity index (χ1n) is 6.19. The van der Waals surface area contributed by atoms with Crippen LogP contribution in [0.4, 0.5) is 13.2 Å². The maximum absolute atomic E-state index is 12.0. The summed E-state index contributed by atoms with van der Waals surface area (Å²) in [5, 5.41) is 3.79. The summed E-state index contributed by atoms with van der Waals surface area (Å²) in [6.45, 7) is -2.10. The van der Waals surface area contributed by atoms with Gasteiger partial charge in [-0.25, -0.2) is 9.59 Å². The van der Waals surface area contributed by atoms with Crippen molar-refractivity contribution in [2.45, 2.75) is 12.7 Å². The van der Waals surface area contributed by atoms with Crippen molar-refractivity contribution in [3.05, 3.63) is 26.5 Å². The summed E-state index contributed by atoms with van der Waals surface area (Å²) >= 11 is 0. The van der Waals surface area contributed by atoms with Crippen molar-refractivity contribution in [1.29, 1.82) is 0 Å². The lowest BCUT2D eigenvalue weighted by atomic mass is 10.3. The lowest BCUT2D eigenvalue weighted by Crippen LogP contribution is -2.24. The van der Waals surface area contributed by atoms with E-state index < -0.39 is 36.6 Å². The third kappa shape index (κ3) is 3.77. The number of halogens is 3. The molecule has 0 atom stereocenters. The van der Waals surface area contributed by atoms with Crippen molar-refractivity contribution < 1.29 is 27.4 Å². The van der Waals surface area contributed by atoms with Gasteiger partial charge in [-0.1, -0.05) is 0 Å². The molecule has 9 nitrogen and oxygen atoms in total. The molecule has 2 heterocycles. The van der Waals surface area contributed by atoms with Crippen LogP contribution >= 0.6 is 0 Å². The number of ether oxygens (including phenoxy) is 2. The number of nitrogens with one attached hydrogen (secondary N) is 2. The highest BCUT2D eigenvalue weighted by Crippen LogP contribution is 2.15. The molecule has 2 rings (SSSR count). The molecule has 0 amide bonds. The first-order chi connectivity index (χ1) is 10.7. The van der Waals surface area contributed by atoms with Crippen LogP contribution in [0.3, 0.4) is 0 Å². The Kier molecular flexibility index (Phi) is 4.54. The number of H-pyrrole nitrogens is 2. The first kappa shape index (κ1) is 16.7. The lowest BCUT2D eigenvalue weighted by Gasteiger charge is -2.07. The van der Waals surface area contributed by atoms with E-state index in [0.717, 1.165) is 11.8 Å². The van der Waals surface area contributed by atoms with Gasteiger partial charge in [-0.15, -0.1) is 0 Å². The van der Waals surface area contributed by atoms with Crippen LogP contribution in [0.5, 0.6) is 0 Å². The number of methoxy groups -OCH3 is 1. The maximum atomic E-state index is 12.0. The number of carbonyl (C=O) groups excluding carboxylic acids is 1. The van der Waals surface area contributed by atoms with Crippen molar-refractivity contribution in [1.82, 2.24) is 19.7 Å². The molecule has 0 aliphatic heterocycles. The number of rotatable bonds is 5. The number of aromatic amines is 2. The van der Waals surface area contributed by atoms with Gasteiger partial charge in [0.05, 0.1) is 20.3 Å². The summed E-state index contributed by atoms with van der Waals surface area (Å²) in [4.78, 5) is 38.9. The normalized spacial score (nSPS) is 11.8. The minimum Gasteiger partial charge on any atom is -0.464 e. The smallest absolute Gasteiger partial charge is 0.411 e. The number of nitrogens with zero attached hydrogens (tertiary/aromatic N) is 2. The number of aromatic nitrogens is 4. The second-order valence-corrected chi connectivity index (χ2v) is 4.36.